The average molecular weight is 752 g/mol. The second-order valence-electron chi connectivity index (χ2n) is 12.4. The number of ether oxygens (including phenoxy) is 1. The van der Waals surface area contributed by atoms with E-state index in [1.54, 1.807) is 0 Å². The summed E-state index contributed by atoms with van der Waals surface area (Å²) in [6.45, 7) is 0. The van der Waals surface area contributed by atoms with E-state index in [0.29, 0.717) is 0 Å². The maximum atomic E-state index is 15.2. The van der Waals surface area contributed by atoms with Crippen molar-refractivity contribution in [3.05, 3.63) is 98.9 Å². The van der Waals surface area contributed by atoms with Gasteiger partial charge in [0.25, 0.3) is 17.5 Å². The van der Waals surface area contributed by atoms with Gasteiger partial charge in [-0.2, -0.15) is 0 Å². The molecule has 0 radical (unpaired) electrons. The number of imide groups is 2. The Morgan fingerprint density at radius 3 is 2.16 bits per heavy atom. The smallest absolute Gasteiger partial charge is 0.271 e. The Balaban J connectivity index is 1.44. The lowest BCUT2D eigenvalue weighted by atomic mass is 9.56. The first kappa shape index (κ1) is 34.4. The topological polar surface area (TPSA) is 147 Å². The molecule has 51 heavy (non-hydrogen) atoms. The first-order valence-corrected chi connectivity index (χ1v) is 15.7. The summed E-state index contributed by atoms with van der Waals surface area (Å²) < 4.78 is 78.7. The van der Waals surface area contributed by atoms with Crippen LogP contribution in [0.25, 0.3) is 0 Å². The molecule has 264 valence electrons. The number of nitrogens with zero attached hydrogens (tertiary/aromatic N) is 3. The van der Waals surface area contributed by atoms with E-state index in [4.69, 9.17) is 27.9 Å². The fraction of sp³-hybridized carbons (Fsp3) is 0.273. The van der Waals surface area contributed by atoms with Crippen molar-refractivity contribution in [1.82, 2.24) is 0 Å². The number of amides is 4. The number of hydrogen-bond acceptors (Lipinski definition) is 8. The van der Waals surface area contributed by atoms with Crippen molar-refractivity contribution in [2.24, 2.45) is 17.8 Å². The first-order valence-electron chi connectivity index (χ1n) is 15.0. The quantitative estimate of drug-likeness (QED) is 0.0505. The number of aromatic hydroxyl groups is 1. The van der Waals surface area contributed by atoms with Gasteiger partial charge in [-0.25, -0.2) is 31.8 Å². The Labute approximate surface area is 292 Å². The van der Waals surface area contributed by atoms with E-state index in [2.05, 4.69) is 0 Å². The van der Waals surface area contributed by atoms with Gasteiger partial charge in [0.15, 0.2) is 33.0 Å². The summed E-state index contributed by atoms with van der Waals surface area (Å²) in [4.78, 5) is 62.2. The third-order valence-electron chi connectivity index (χ3n) is 10.0. The highest BCUT2D eigenvalue weighted by Gasteiger charge is 2.77. The molecule has 4 amide bonds. The molecular weight excluding hydrogens is 732 g/mol. The van der Waals surface area contributed by atoms with E-state index in [-0.39, 0.29) is 39.6 Å². The first-order chi connectivity index (χ1) is 24.0. The van der Waals surface area contributed by atoms with Crippen LogP contribution in [0.3, 0.4) is 0 Å². The van der Waals surface area contributed by atoms with Gasteiger partial charge in [-0.05, 0) is 30.9 Å². The summed E-state index contributed by atoms with van der Waals surface area (Å²) in [6.07, 6.45) is 0.569. The number of halogens is 7. The number of benzene rings is 3. The predicted molar refractivity (Wildman–Crippen MR) is 167 cm³/mol. The SMILES string of the molecule is COc1cc(O)ccc1C1C2=CCC3C(=O)N(c4cccc([N+](=O)[O-])c4)C(=O)C3C2CC2(Cl)C(=O)N(c3c(F)c(F)c(F)c(F)c3F)C(=O)C12Cl. The highest BCUT2D eigenvalue weighted by molar-refractivity contribution is 6.58. The van der Waals surface area contributed by atoms with Crippen LogP contribution in [-0.2, 0) is 19.2 Å². The van der Waals surface area contributed by atoms with E-state index in [0.717, 1.165) is 29.2 Å². The van der Waals surface area contributed by atoms with E-state index in [9.17, 15) is 47.6 Å². The van der Waals surface area contributed by atoms with Crippen LogP contribution in [0.5, 0.6) is 11.5 Å². The molecule has 3 fully saturated rings. The molecule has 1 N–H and O–H groups in total. The van der Waals surface area contributed by atoms with Gasteiger partial charge in [0.05, 0.1) is 29.6 Å². The Kier molecular flexibility index (Phi) is 7.72. The van der Waals surface area contributed by atoms with Crippen LogP contribution in [0.2, 0.25) is 0 Å². The van der Waals surface area contributed by atoms with E-state index in [1.165, 1.54) is 31.4 Å². The molecule has 6 unspecified atom stereocenters. The lowest BCUT2D eigenvalue weighted by Crippen LogP contribution is -2.60. The highest BCUT2D eigenvalue weighted by Crippen LogP contribution is 2.67. The Bertz CT molecular complexity index is 2160. The van der Waals surface area contributed by atoms with Gasteiger partial charge in [0.1, 0.15) is 17.2 Å². The zero-order valence-electron chi connectivity index (χ0n) is 25.6. The van der Waals surface area contributed by atoms with Gasteiger partial charge in [0.2, 0.25) is 17.6 Å². The third-order valence-corrected chi connectivity index (χ3v) is 11.5. The molecule has 2 heterocycles. The van der Waals surface area contributed by atoms with Crippen LogP contribution >= 0.6 is 23.2 Å². The Morgan fingerprint density at radius 2 is 1.53 bits per heavy atom. The number of hydrogen-bond donors (Lipinski definition) is 1. The number of fused-ring (bicyclic) bond motifs is 4. The number of carbonyl (C=O) groups excluding carboxylic acids is 4. The Hall–Kier alpha value is -5.09. The highest BCUT2D eigenvalue weighted by atomic mass is 35.5. The van der Waals surface area contributed by atoms with Crippen molar-refractivity contribution in [2.45, 2.75) is 28.5 Å². The minimum atomic E-state index is -2.79. The van der Waals surface area contributed by atoms with Gasteiger partial charge in [-0.3, -0.25) is 29.3 Å². The molecule has 6 atom stereocenters. The largest absolute Gasteiger partial charge is 0.508 e. The molecule has 4 aliphatic rings. The lowest BCUT2D eigenvalue weighted by molar-refractivity contribution is -0.384. The standard InChI is InChI=1S/C33H20Cl2F5N3O8/c1-51-19-10-14(44)5-6-16(19)21-15-7-8-17-20(29(46)41(28(17)45)12-3-2-4-13(9-12)43(49)50)18(15)11-32(34)30(47)42(31(48)33(21,32)35)27-25(39)23(37)22(36)24(38)26(27)40/h2-7,9-10,17-18,20-21,44H,8,11H2,1H3. The fourth-order valence-electron chi connectivity index (χ4n) is 7.85. The molecule has 2 aliphatic carbocycles. The number of allylic oxidation sites excluding steroid dienone is 2. The van der Waals surface area contributed by atoms with Crippen molar-refractivity contribution < 1.29 is 55.9 Å². The summed E-state index contributed by atoms with van der Waals surface area (Å²) in [6, 6.07) is 8.23. The number of rotatable bonds is 5. The van der Waals surface area contributed by atoms with Gasteiger partial charge in [0, 0.05) is 29.7 Å². The van der Waals surface area contributed by atoms with E-state index < -0.39 is 109 Å². The molecule has 0 spiro atoms. The summed E-state index contributed by atoms with van der Waals surface area (Å²) in [7, 11) is 1.18. The van der Waals surface area contributed by atoms with Gasteiger partial charge in [-0.1, -0.05) is 23.8 Å². The van der Waals surface area contributed by atoms with Crippen molar-refractivity contribution >= 4 is 63.9 Å². The molecule has 3 aromatic rings. The zero-order valence-corrected chi connectivity index (χ0v) is 27.1. The van der Waals surface area contributed by atoms with Crippen molar-refractivity contribution in [1.29, 1.82) is 0 Å². The molecule has 7 rings (SSSR count). The van der Waals surface area contributed by atoms with Crippen LogP contribution in [-0.4, -0.2) is 50.5 Å². The third kappa shape index (κ3) is 4.41. The summed E-state index contributed by atoms with van der Waals surface area (Å²) in [5, 5.41) is 21.7. The molecule has 1 saturated carbocycles. The minimum Gasteiger partial charge on any atom is -0.508 e. The maximum absolute atomic E-state index is 15.2. The normalized spacial score (nSPS) is 28.4. The second kappa shape index (κ2) is 11.5. The van der Waals surface area contributed by atoms with Crippen molar-refractivity contribution in [2.75, 3.05) is 16.9 Å². The van der Waals surface area contributed by atoms with Crippen molar-refractivity contribution in [3.8, 4) is 11.5 Å². The number of non-ortho nitro benzene ring substituents is 1. The van der Waals surface area contributed by atoms with Gasteiger partial charge >= 0.3 is 0 Å². The van der Waals surface area contributed by atoms with Crippen LogP contribution in [0.15, 0.2) is 54.1 Å². The monoisotopic (exact) mass is 751 g/mol. The number of phenols is 1. The molecule has 2 aliphatic heterocycles. The number of methoxy groups -OCH3 is 1. The molecule has 11 nitrogen and oxygen atoms in total. The molecule has 3 aromatic carbocycles. The number of nitro benzene ring substituents is 1. The van der Waals surface area contributed by atoms with Crippen LogP contribution in [0.1, 0.15) is 24.3 Å². The molecule has 18 heteroatoms. The number of phenolic OH excluding ortho intramolecular Hbond substituents is 1. The Morgan fingerprint density at radius 1 is 0.882 bits per heavy atom. The number of nitro groups is 1. The molecule has 2 saturated heterocycles. The molecule has 0 aromatic heterocycles. The van der Waals surface area contributed by atoms with Crippen LogP contribution in [0.4, 0.5) is 39.0 Å². The molecular formula is C33H20Cl2F5N3O8. The summed E-state index contributed by atoms with van der Waals surface area (Å²) in [5.41, 5.74) is -2.36. The minimum absolute atomic E-state index is 0.0301. The predicted octanol–water partition coefficient (Wildman–Crippen LogP) is 5.77. The number of alkyl halides is 2. The van der Waals surface area contributed by atoms with Crippen LogP contribution in [0, 0.1) is 57.0 Å². The van der Waals surface area contributed by atoms with Gasteiger partial charge < -0.3 is 9.84 Å². The average Bonchev–Trinajstić information content (AvgIpc) is 3.44. The zero-order chi connectivity index (χ0) is 37.1. The second-order valence-corrected chi connectivity index (χ2v) is 13.6. The lowest BCUT2D eigenvalue weighted by Gasteiger charge is -2.50. The number of anilines is 2. The molecule has 0 bridgehead atoms. The number of carbonyl (C=O) groups is 4. The fourth-order valence-corrected chi connectivity index (χ4v) is 8.78. The summed E-state index contributed by atoms with van der Waals surface area (Å²) >= 11 is 14.2. The van der Waals surface area contributed by atoms with Crippen LogP contribution < -0.4 is 14.5 Å². The van der Waals surface area contributed by atoms with Gasteiger partial charge in [-0.15, -0.1) is 23.2 Å². The van der Waals surface area contributed by atoms with E-state index in [1.807, 2.05) is 0 Å². The van der Waals surface area contributed by atoms with E-state index >= 15 is 8.78 Å². The maximum Gasteiger partial charge on any atom is 0.271 e. The summed E-state index contributed by atoms with van der Waals surface area (Å²) in [5.74, 6) is -23.2. The van der Waals surface area contributed by atoms with Crippen molar-refractivity contribution in [3.63, 3.8) is 0 Å².